The molecular formula is C17H18IN5. The number of nitrogens with zero attached hydrogens (tertiary/aromatic N) is 4. The maximum absolute atomic E-state index is 4.12. The molecule has 5 nitrogen and oxygen atoms in total. The van der Waals surface area contributed by atoms with Crippen LogP contribution in [0.5, 0.6) is 0 Å². The van der Waals surface area contributed by atoms with Crippen LogP contribution in [0.25, 0.3) is 5.69 Å². The zero-order valence-electron chi connectivity index (χ0n) is 13.6. The summed E-state index contributed by atoms with van der Waals surface area (Å²) >= 11 is 2.32. The molecule has 2 aromatic carbocycles. The zero-order chi connectivity index (χ0) is 16.6. The molecule has 6 heteroatoms. The van der Waals surface area contributed by atoms with Crippen molar-refractivity contribution in [2.45, 2.75) is 27.7 Å². The quantitative estimate of drug-likeness (QED) is 0.646. The minimum atomic E-state index is 0.606. The second-order valence-electron chi connectivity index (χ2n) is 5.72. The number of halogens is 1. The Bertz CT molecular complexity index is 869. The molecule has 0 aliphatic heterocycles. The van der Waals surface area contributed by atoms with Gasteiger partial charge in [0.25, 0.3) is 5.95 Å². The summed E-state index contributed by atoms with van der Waals surface area (Å²) in [7, 11) is 0. The molecule has 3 aromatic rings. The van der Waals surface area contributed by atoms with Gasteiger partial charge in [-0.25, -0.2) is 0 Å². The van der Waals surface area contributed by atoms with Crippen LogP contribution in [-0.2, 0) is 0 Å². The molecule has 0 fully saturated rings. The van der Waals surface area contributed by atoms with E-state index in [-0.39, 0.29) is 0 Å². The van der Waals surface area contributed by atoms with Gasteiger partial charge in [-0.1, -0.05) is 11.2 Å². The SMILES string of the molecule is Cc1ccc(-n2nnnc2Nc2cc(C)c(C)cc2I)cc1C. The molecule has 0 spiro atoms. The average molecular weight is 419 g/mol. The van der Waals surface area contributed by atoms with Gasteiger partial charge in [0.15, 0.2) is 0 Å². The Labute approximate surface area is 149 Å². The van der Waals surface area contributed by atoms with Crippen molar-refractivity contribution in [1.29, 1.82) is 0 Å². The van der Waals surface area contributed by atoms with Crippen molar-refractivity contribution in [1.82, 2.24) is 20.2 Å². The van der Waals surface area contributed by atoms with Crippen LogP contribution in [0.4, 0.5) is 11.6 Å². The number of hydrogen-bond donors (Lipinski definition) is 1. The van der Waals surface area contributed by atoms with Gasteiger partial charge < -0.3 is 5.32 Å². The van der Waals surface area contributed by atoms with Crippen LogP contribution in [0.2, 0.25) is 0 Å². The van der Waals surface area contributed by atoms with Crippen LogP contribution in [0, 0.1) is 31.3 Å². The third-order valence-electron chi connectivity index (χ3n) is 4.03. The van der Waals surface area contributed by atoms with Crippen LogP contribution in [0.1, 0.15) is 22.3 Å². The maximum atomic E-state index is 4.12. The molecule has 0 radical (unpaired) electrons. The van der Waals surface area contributed by atoms with Crippen LogP contribution in [0.3, 0.4) is 0 Å². The Kier molecular flexibility index (Phi) is 4.34. The molecule has 23 heavy (non-hydrogen) atoms. The number of anilines is 2. The number of aromatic nitrogens is 4. The molecule has 0 aliphatic rings. The highest BCUT2D eigenvalue weighted by atomic mass is 127. The van der Waals surface area contributed by atoms with Crippen molar-refractivity contribution in [2.24, 2.45) is 0 Å². The van der Waals surface area contributed by atoms with Crippen molar-refractivity contribution < 1.29 is 0 Å². The van der Waals surface area contributed by atoms with Crippen LogP contribution in [0.15, 0.2) is 30.3 Å². The highest BCUT2D eigenvalue weighted by Gasteiger charge is 2.11. The predicted molar refractivity (Wildman–Crippen MR) is 101 cm³/mol. The van der Waals surface area contributed by atoms with Gasteiger partial charge in [-0.3, -0.25) is 0 Å². The fourth-order valence-corrected chi connectivity index (χ4v) is 3.05. The largest absolute Gasteiger partial charge is 0.322 e. The second-order valence-corrected chi connectivity index (χ2v) is 6.89. The van der Waals surface area contributed by atoms with Gasteiger partial charge in [0.05, 0.1) is 11.4 Å². The molecule has 3 rings (SSSR count). The van der Waals surface area contributed by atoms with E-state index < -0.39 is 0 Å². The fraction of sp³-hybridized carbons (Fsp3) is 0.235. The first-order valence-electron chi connectivity index (χ1n) is 7.35. The lowest BCUT2D eigenvalue weighted by Crippen LogP contribution is -2.05. The Balaban J connectivity index is 1.98. The highest BCUT2D eigenvalue weighted by Crippen LogP contribution is 2.26. The molecule has 0 bridgehead atoms. The summed E-state index contributed by atoms with van der Waals surface area (Å²) in [6, 6.07) is 10.5. The monoisotopic (exact) mass is 419 g/mol. The van der Waals surface area contributed by atoms with E-state index >= 15 is 0 Å². The van der Waals surface area contributed by atoms with E-state index in [4.69, 9.17) is 0 Å². The molecule has 1 N–H and O–H groups in total. The predicted octanol–water partition coefficient (Wildman–Crippen LogP) is 4.24. The topological polar surface area (TPSA) is 55.6 Å². The van der Waals surface area contributed by atoms with Gasteiger partial charge >= 0.3 is 0 Å². The molecule has 1 aromatic heterocycles. The summed E-state index contributed by atoms with van der Waals surface area (Å²) in [6.07, 6.45) is 0. The number of nitrogens with one attached hydrogen (secondary N) is 1. The van der Waals surface area contributed by atoms with Crippen LogP contribution >= 0.6 is 22.6 Å². The van der Waals surface area contributed by atoms with E-state index in [0.29, 0.717) is 5.95 Å². The van der Waals surface area contributed by atoms with Gasteiger partial charge in [-0.2, -0.15) is 4.68 Å². The van der Waals surface area contributed by atoms with Gasteiger partial charge in [0.1, 0.15) is 0 Å². The van der Waals surface area contributed by atoms with Crippen LogP contribution < -0.4 is 5.32 Å². The molecule has 118 valence electrons. The fourth-order valence-electron chi connectivity index (χ4n) is 2.29. The summed E-state index contributed by atoms with van der Waals surface area (Å²) in [5, 5.41) is 15.4. The first-order valence-corrected chi connectivity index (χ1v) is 8.43. The van der Waals surface area contributed by atoms with Crippen molar-refractivity contribution in [2.75, 3.05) is 5.32 Å². The van der Waals surface area contributed by atoms with E-state index in [0.717, 1.165) is 14.9 Å². The Morgan fingerprint density at radius 1 is 0.913 bits per heavy atom. The van der Waals surface area contributed by atoms with E-state index in [2.05, 4.69) is 95.4 Å². The smallest absolute Gasteiger partial charge is 0.252 e. The van der Waals surface area contributed by atoms with Gasteiger partial charge in [-0.15, -0.1) is 0 Å². The number of benzene rings is 2. The minimum absolute atomic E-state index is 0.606. The summed E-state index contributed by atoms with van der Waals surface area (Å²) in [6.45, 7) is 8.39. The van der Waals surface area contributed by atoms with Crippen molar-refractivity contribution >= 4 is 34.2 Å². The molecule has 0 saturated carbocycles. The number of hydrogen-bond acceptors (Lipinski definition) is 4. The molecule has 0 amide bonds. The number of aryl methyl sites for hydroxylation is 4. The summed E-state index contributed by atoms with van der Waals surface area (Å²) < 4.78 is 2.86. The lowest BCUT2D eigenvalue weighted by Gasteiger charge is -2.12. The number of rotatable bonds is 3. The number of tetrazole rings is 1. The van der Waals surface area contributed by atoms with Gasteiger partial charge in [0, 0.05) is 3.57 Å². The van der Waals surface area contributed by atoms with E-state index in [1.807, 2.05) is 6.07 Å². The summed E-state index contributed by atoms with van der Waals surface area (Å²) in [5.41, 5.74) is 6.92. The minimum Gasteiger partial charge on any atom is -0.322 e. The first-order chi connectivity index (χ1) is 11.0. The normalized spacial score (nSPS) is 10.8. The highest BCUT2D eigenvalue weighted by molar-refractivity contribution is 14.1. The first kappa shape index (κ1) is 15.9. The molecule has 1 heterocycles. The maximum Gasteiger partial charge on any atom is 0.252 e. The van der Waals surface area contributed by atoms with E-state index in [1.165, 1.54) is 22.3 Å². The standard InChI is InChI=1S/C17H18IN5/c1-10-5-6-14(7-11(10)2)23-17(20-21-22-23)19-16-9-13(4)12(3)8-15(16)18/h5-9H,1-4H3,(H,19,20,22). The van der Waals surface area contributed by atoms with Gasteiger partial charge in [-0.05, 0) is 107 Å². The lowest BCUT2D eigenvalue weighted by atomic mass is 10.1. The van der Waals surface area contributed by atoms with Gasteiger partial charge in [0.2, 0.25) is 0 Å². The average Bonchev–Trinajstić information content (AvgIpc) is 2.96. The van der Waals surface area contributed by atoms with E-state index in [9.17, 15) is 0 Å². The lowest BCUT2D eigenvalue weighted by molar-refractivity contribution is 0.790. The summed E-state index contributed by atoms with van der Waals surface area (Å²) in [4.78, 5) is 0. The van der Waals surface area contributed by atoms with Crippen molar-refractivity contribution in [3.8, 4) is 5.69 Å². The molecule has 0 atom stereocenters. The molecule has 0 unspecified atom stereocenters. The Morgan fingerprint density at radius 3 is 2.35 bits per heavy atom. The van der Waals surface area contributed by atoms with Crippen LogP contribution in [-0.4, -0.2) is 20.2 Å². The van der Waals surface area contributed by atoms with Crippen molar-refractivity contribution in [3.05, 3.63) is 56.2 Å². The Hall–Kier alpha value is -1.96. The Morgan fingerprint density at radius 2 is 1.61 bits per heavy atom. The van der Waals surface area contributed by atoms with E-state index in [1.54, 1.807) is 4.68 Å². The third-order valence-corrected chi connectivity index (χ3v) is 4.93. The zero-order valence-corrected chi connectivity index (χ0v) is 15.7. The molecular weight excluding hydrogens is 401 g/mol. The third kappa shape index (κ3) is 3.21. The molecule has 0 aliphatic carbocycles. The van der Waals surface area contributed by atoms with Crippen molar-refractivity contribution in [3.63, 3.8) is 0 Å². The second kappa shape index (κ2) is 6.27. The summed E-state index contributed by atoms with van der Waals surface area (Å²) in [5.74, 6) is 0.606. The molecule has 0 saturated heterocycles.